The highest BCUT2D eigenvalue weighted by Gasteiger charge is 2.42. The smallest absolute Gasteiger partial charge is 0.343 e. The summed E-state index contributed by atoms with van der Waals surface area (Å²) in [6, 6.07) is -0.644. The maximum absolute atomic E-state index is 14.0. The van der Waals surface area contributed by atoms with Crippen LogP contribution in [0.2, 0.25) is 0 Å². The zero-order valence-corrected chi connectivity index (χ0v) is 10.7. The first-order valence-electron chi connectivity index (χ1n) is 6.14. The summed E-state index contributed by atoms with van der Waals surface area (Å²) in [5.74, 6) is -7.63. The Morgan fingerprint density at radius 3 is 2.41 bits per heavy atom. The third-order valence-corrected chi connectivity index (χ3v) is 3.59. The lowest BCUT2D eigenvalue weighted by atomic mass is 10.1. The average Bonchev–Trinajstić information content (AvgIpc) is 3.14. The summed E-state index contributed by atoms with van der Waals surface area (Å²) in [7, 11) is 0. The lowest BCUT2D eigenvalue weighted by molar-refractivity contribution is 0.0696. The molecule has 9 heteroatoms. The molecule has 0 amide bonds. The van der Waals surface area contributed by atoms with Crippen LogP contribution in [0.1, 0.15) is 22.8 Å². The van der Waals surface area contributed by atoms with Gasteiger partial charge in [0.05, 0.1) is 16.9 Å². The second kappa shape index (κ2) is 4.46. The summed E-state index contributed by atoms with van der Waals surface area (Å²) >= 11 is 0. The van der Waals surface area contributed by atoms with E-state index >= 15 is 0 Å². The van der Waals surface area contributed by atoms with Gasteiger partial charge in [0.25, 0.3) is 0 Å². The fraction of sp³-hybridized carbons (Fsp3) is 0.231. The number of aromatic carboxylic acids is 1. The number of carboxylic acids is 1. The van der Waals surface area contributed by atoms with Crippen molar-refractivity contribution < 1.29 is 27.5 Å². The molecule has 0 bridgehead atoms. The van der Waals surface area contributed by atoms with Crippen LogP contribution in [-0.4, -0.2) is 21.8 Å². The van der Waals surface area contributed by atoms with Crippen molar-refractivity contribution in [1.82, 2.24) is 4.57 Å². The van der Waals surface area contributed by atoms with Gasteiger partial charge in [0.1, 0.15) is 17.6 Å². The maximum atomic E-state index is 14.0. The van der Waals surface area contributed by atoms with Gasteiger partial charge in [-0.1, -0.05) is 0 Å². The molecule has 1 aromatic carbocycles. The van der Waals surface area contributed by atoms with Gasteiger partial charge in [-0.2, -0.15) is 0 Å². The fourth-order valence-electron chi connectivity index (χ4n) is 2.46. The molecular weight excluding hydrogens is 308 g/mol. The minimum atomic E-state index is -1.85. The number of nitrogens with zero attached hydrogens (tertiary/aromatic N) is 1. The van der Waals surface area contributed by atoms with Gasteiger partial charge < -0.3 is 15.4 Å². The number of benzene rings is 1. The molecule has 3 N–H and O–H groups in total. The number of aromatic nitrogens is 1. The number of carbonyl (C=O) groups is 1. The molecule has 0 aliphatic heterocycles. The zero-order chi connectivity index (χ0) is 16.3. The van der Waals surface area contributed by atoms with Crippen molar-refractivity contribution in [1.29, 1.82) is 0 Å². The molecule has 5 nitrogen and oxygen atoms in total. The second-order valence-corrected chi connectivity index (χ2v) is 4.97. The van der Waals surface area contributed by atoms with Crippen molar-refractivity contribution in [3.05, 3.63) is 39.3 Å². The molecule has 0 radical (unpaired) electrons. The van der Waals surface area contributed by atoms with Crippen LogP contribution in [0.15, 0.2) is 10.9 Å². The molecular formula is C13H8F4N2O3. The minimum Gasteiger partial charge on any atom is -0.477 e. The molecule has 2 atom stereocenters. The third kappa shape index (κ3) is 1.78. The normalized spacial score (nSPS) is 20.4. The van der Waals surface area contributed by atoms with Crippen molar-refractivity contribution in [2.24, 2.45) is 0 Å². The predicted octanol–water partition coefficient (Wildman–Crippen LogP) is 1.98. The van der Waals surface area contributed by atoms with Crippen LogP contribution in [0.4, 0.5) is 23.4 Å². The number of nitrogen functional groups attached to an aromatic ring is 1. The van der Waals surface area contributed by atoms with Gasteiger partial charge in [-0.3, -0.25) is 4.79 Å². The lowest BCUT2D eigenvalue weighted by Crippen LogP contribution is -2.24. The molecule has 0 unspecified atom stereocenters. The van der Waals surface area contributed by atoms with E-state index in [1.165, 1.54) is 0 Å². The Balaban J connectivity index is 2.57. The zero-order valence-electron chi connectivity index (χ0n) is 10.7. The summed E-state index contributed by atoms with van der Waals surface area (Å²) in [5, 5.41) is 8.34. The first kappa shape index (κ1) is 14.4. The molecule has 2 aromatic rings. The van der Waals surface area contributed by atoms with Crippen LogP contribution in [0.25, 0.3) is 10.9 Å². The highest BCUT2D eigenvalue weighted by Crippen LogP contribution is 2.43. The van der Waals surface area contributed by atoms with Gasteiger partial charge in [-0.05, 0) is 6.07 Å². The number of hydrogen-bond acceptors (Lipinski definition) is 3. The highest BCUT2D eigenvalue weighted by molar-refractivity contribution is 5.98. The van der Waals surface area contributed by atoms with Crippen LogP contribution in [-0.2, 0) is 0 Å². The Bertz CT molecular complexity index is 893. The molecule has 1 aliphatic carbocycles. The summed E-state index contributed by atoms with van der Waals surface area (Å²) in [6.07, 6.45) is -1.54. The maximum Gasteiger partial charge on any atom is 0.343 e. The molecule has 1 fully saturated rings. The van der Waals surface area contributed by atoms with E-state index in [0.717, 1.165) is 0 Å². The summed E-state index contributed by atoms with van der Waals surface area (Å²) in [5.41, 5.74) is 2.61. The number of rotatable bonds is 2. The van der Waals surface area contributed by atoms with Crippen LogP contribution >= 0.6 is 0 Å². The van der Waals surface area contributed by atoms with Crippen LogP contribution < -0.4 is 11.2 Å². The van der Waals surface area contributed by atoms with Gasteiger partial charge in [-0.15, -0.1) is 0 Å². The second-order valence-electron chi connectivity index (χ2n) is 4.97. The predicted molar refractivity (Wildman–Crippen MR) is 68.0 cm³/mol. The van der Waals surface area contributed by atoms with E-state index in [4.69, 9.17) is 10.8 Å². The van der Waals surface area contributed by atoms with Gasteiger partial charge in [-0.25, -0.2) is 22.4 Å². The number of carboxylic acid groups (broad SMARTS) is 1. The molecule has 1 aliphatic rings. The number of hydrogen-bond donors (Lipinski definition) is 2. The number of halogens is 4. The van der Waals surface area contributed by atoms with Crippen molar-refractivity contribution in [2.45, 2.75) is 18.6 Å². The van der Waals surface area contributed by atoms with E-state index in [2.05, 4.69) is 0 Å². The monoisotopic (exact) mass is 316 g/mol. The largest absolute Gasteiger partial charge is 0.477 e. The Kier molecular flexibility index (Phi) is 2.91. The van der Waals surface area contributed by atoms with E-state index in [1.807, 2.05) is 0 Å². The Morgan fingerprint density at radius 2 is 1.91 bits per heavy atom. The Labute approximate surface area is 119 Å². The highest BCUT2D eigenvalue weighted by atomic mass is 19.2. The molecule has 1 saturated carbocycles. The molecule has 22 heavy (non-hydrogen) atoms. The third-order valence-electron chi connectivity index (χ3n) is 3.59. The SMILES string of the molecule is Nc1c(C(=O)O)c(=O)c2cc(F)c(F)c(F)c2n1[C@@H]1C[C@@H]1F. The van der Waals surface area contributed by atoms with E-state index in [1.54, 1.807) is 0 Å². The quantitative estimate of drug-likeness (QED) is 0.655. The van der Waals surface area contributed by atoms with Crippen molar-refractivity contribution in [3.63, 3.8) is 0 Å². The topological polar surface area (TPSA) is 85.3 Å². The minimum absolute atomic E-state index is 0.0976. The van der Waals surface area contributed by atoms with Crippen molar-refractivity contribution in [3.8, 4) is 0 Å². The van der Waals surface area contributed by atoms with Gasteiger partial charge in [0, 0.05) is 6.42 Å². The van der Waals surface area contributed by atoms with E-state index in [9.17, 15) is 27.2 Å². The van der Waals surface area contributed by atoms with Crippen molar-refractivity contribution in [2.75, 3.05) is 5.73 Å². The Hall–Kier alpha value is -2.58. The van der Waals surface area contributed by atoms with Gasteiger partial charge in [0.2, 0.25) is 5.43 Å². The van der Waals surface area contributed by atoms with E-state index in [-0.39, 0.29) is 6.42 Å². The number of anilines is 1. The molecule has 116 valence electrons. The number of fused-ring (bicyclic) bond motifs is 1. The number of pyridine rings is 1. The van der Waals surface area contributed by atoms with E-state index in [0.29, 0.717) is 10.6 Å². The van der Waals surface area contributed by atoms with E-state index < -0.39 is 63.3 Å². The summed E-state index contributed by atoms with van der Waals surface area (Å²) in [6.45, 7) is 0. The summed E-state index contributed by atoms with van der Waals surface area (Å²) < 4.78 is 54.8. The number of nitrogens with two attached hydrogens (primary N) is 1. The summed E-state index contributed by atoms with van der Waals surface area (Å²) in [4.78, 5) is 23.2. The molecule has 0 spiro atoms. The molecule has 1 heterocycles. The fourth-order valence-corrected chi connectivity index (χ4v) is 2.46. The molecule has 1 aromatic heterocycles. The Morgan fingerprint density at radius 1 is 1.32 bits per heavy atom. The molecule has 0 saturated heterocycles. The van der Waals surface area contributed by atoms with Crippen LogP contribution in [0, 0.1) is 17.5 Å². The first-order chi connectivity index (χ1) is 10.3. The first-order valence-corrected chi connectivity index (χ1v) is 6.14. The van der Waals surface area contributed by atoms with Gasteiger partial charge in [0.15, 0.2) is 17.5 Å². The van der Waals surface area contributed by atoms with Crippen LogP contribution in [0.5, 0.6) is 0 Å². The lowest BCUT2D eigenvalue weighted by Gasteiger charge is -2.16. The standard InChI is InChI=1S/C13H8F4N2O3/c14-4-2-6(4)19-10-3(1-5(15)8(16)9(10)17)11(20)7(12(19)18)13(21)22/h1,4,6H,2,18H2,(H,21,22)/t4-,6+/m0/s1. The average molecular weight is 316 g/mol. The number of alkyl halides is 1. The van der Waals surface area contributed by atoms with Crippen LogP contribution in [0.3, 0.4) is 0 Å². The van der Waals surface area contributed by atoms with Gasteiger partial charge >= 0.3 is 5.97 Å². The molecule has 3 rings (SSSR count). The van der Waals surface area contributed by atoms with Crippen molar-refractivity contribution >= 4 is 22.7 Å².